The Kier molecular flexibility index (Phi) is 5.98. The van der Waals surface area contributed by atoms with Gasteiger partial charge in [0, 0.05) is 34.0 Å². The molecule has 0 saturated carbocycles. The maximum atomic E-state index is 12.2. The van der Waals surface area contributed by atoms with E-state index in [-0.39, 0.29) is 17.0 Å². The highest BCUT2D eigenvalue weighted by atomic mass is 32.2. The van der Waals surface area contributed by atoms with Gasteiger partial charge in [-0.3, -0.25) is 8.89 Å². The Hall–Kier alpha value is -1.58. The highest BCUT2D eigenvalue weighted by Crippen LogP contribution is 2.18. The number of alkyl halides is 3. The topological polar surface area (TPSA) is 76.0 Å². The third-order valence-electron chi connectivity index (χ3n) is 2.49. The third-order valence-corrected chi connectivity index (χ3v) is 4.43. The monoisotopic (exact) mass is 340 g/mol. The van der Waals surface area contributed by atoms with E-state index in [2.05, 4.69) is 15.7 Å². The van der Waals surface area contributed by atoms with Gasteiger partial charge in [-0.05, 0) is 20.8 Å². The van der Waals surface area contributed by atoms with Gasteiger partial charge < -0.3 is 10.6 Å². The van der Waals surface area contributed by atoms with Crippen molar-refractivity contribution in [1.82, 2.24) is 15.1 Å². The van der Waals surface area contributed by atoms with Crippen LogP contribution in [-0.2, 0) is 17.3 Å². The number of carbonyl (C=O) groups excluding carboxylic acids is 1. The van der Waals surface area contributed by atoms with Crippen LogP contribution in [0.2, 0.25) is 0 Å². The molecule has 0 bridgehead atoms. The summed E-state index contributed by atoms with van der Waals surface area (Å²) in [5.41, 5.74) is 0.152. The highest BCUT2D eigenvalue weighted by molar-refractivity contribution is 7.86. The predicted molar refractivity (Wildman–Crippen MR) is 78.1 cm³/mol. The van der Waals surface area contributed by atoms with Gasteiger partial charge in [-0.15, -0.1) is 0 Å². The molecule has 126 valence electrons. The number of halogens is 3. The molecule has 0 aromatic carbocycles. The van der Waals surface area contributed by atoms with Crippen molar-refractivity contribution in [3.05, 3.63) is 12.4 Å². The minimum absolute atomic E-state index is 0.152. The average Bonchev–Trinajstić information content (AvgIpc) is 2.72. The summed E-state index contributed by atoms with van der Waals surface area (Å²) in [6, 6.07) is -0.586. The highest BCUT2D eigenvalue weighted by Gasteiger charge is 2.28. The molecular formula is C12H19F3N4O2S. The largest absolute Gasteiger partial charge is 0.408 e. The number of amides is 2. The fourth-order valence-corrected chi connectivity index (χ4v) is 2.34. The maximum Gasteiger partial charge on any atom is 0.408 e. The first kappa shape index (κ1) is 18.5. The zero-order chi connectivity index (χ0) is 17.0. The van der Waals surface area contributed by atoms with Crippen molar-refractivity contribution in [2.75, 3.05) is 17.6 Å². The molecule has 0 aliphatic rings. The van der Waals surface area contributed by atoms with Crippen molar-refractivity contribution in [3.8, 4) is 0 Å². The van der Waals surface area contributed by atoms with E-state index < -0.39 is 29.6 Å². The van der Waals surface area contributed by atoms with Crippen LogP contribution in [-0.4, -0.2) is 43.2 Å². The molecule has 0 fully saturated rings. The second kappa shape index (κ2) is 7.12. The molecule has 2 N–H and O–H groups in total. The van der Waals surface area contributed by atoms with Crippen LogP contribution in [0, 0.1) is 0 Å². The number of nitrogens with zero attached hydrogens (tertiary/aromatic N) is 2. The lowest BCUT2D eigenvalue weighted by Crippen LogP contribution is -2.35. The quantitative estimate of drug-likeness (QED) is 0.862. The van der Waals surface area contributed by atoms with E-state index in [1.807, 2.05) is 20.8 Å². The van der Waals surface area contributed by atoms with Crippen molar-refractivity contribution in [1.29, 1.82) is 0 Å². The Morgan fingerprint density at radius 2 is 2.00 bits per heavy atom. The number of nitrogens with one attached hydrogen (secondary N) is 2. The van der Waals surface area contributed by atoms with E-state index in [1.165, 1.54) is 0 Å². The minimum Gasteiger partial charge on any atom is -0.337 e. The smallest absolute Gasteiger partial charge is 0.337 e. The van der Waals surface area contributed by atoms with E-state index in [0.717, 1.165) is 12.4 Å². The van der Waals surface area contributed by atoms with Gasteiger partial charge in [0.05, 0.1) is 11.9 Å². The summed E-state index contributed by atoms with van der Waals surface area (Å²) in [7, 11) is -1.09. The maximum absolute atomic E-state index is 12.2. The molecule has 10 heteroatoms. The summed E-state index contributed by atoms with van der Waals surface area (Å²) >= 11 is 0. The number of hydrogen-bond acceptors (Lipinski definition) is 3. The molecule has 1 unspecified atom stereocenters. The Morgan fingerprint density at radius 3 is 2.55 bits per heavy atom. The van der Waals surface area contributed by atoms with Crippen LogP contribution in [0.3, 0.4) is 0 Å². The van der Waals surface area contributed by atoms with E-state index in [1.54, 1.807) is 0 Å². The van der Waals surface area contributed by atoms with Gasteiger partial charge in [-0.2, -0.15) is 18.3 Å². The molecule has 1 heterocycles. The van der Waals surface area contributed by atoms with Gasteiger partial charge in [0.1, 0.15) is 6.54 Å². The second-order valence-electron chi connectivity index (χ2n) is 5.58. The lowest BCUT2D eigenvalue weighted by Gasteiger charge is -2.17. The fourth-order valence-electron chi connectivity index (χ4n) is 1.44. The van der Waals surface area contributed by atoms with Gasteiger partial charge in [-0.25, -0.2) is 4.79 Å². The van der Waals surface area contributed by atoms with Crippen LogP contribution in [0.5, 0.6) is 0 Å². The predicted octanol–water partition coefficient (Wildman–Crippen LogP) is 2.11. The lowest BCUT2D eigenvalue weighted by atomic mass is 10.3. The van der Waals surface area contributed by atoms with Crippen LogP contribution in [0.4, 0.5) is 23.7 Å². The molecular weight excluding hydrogens is 321 g/mol. The molecule has 1 rings (SSSR count). The summed E-state index contributed by atoms with van der Waals surface area (Å²) in [6.07, 6.45) is -2.17. The number of aromatic nitrogens is 2. The first-order valence-corrected chi connectivity index (χ1v) is 7.82. The van der Waals surface area contributed by atoms with Crippen molar-refractivity contribution in [2.24, 2.45) is 0 Å². The average molecular weight is 340 g/mol. The van der Waals surface area contributed by atoms with Gasteiger partial charge in [0.2, 0.25) is 0 Å². The Balaban J connectivity index is 2.38. The molecule has 22 heavy (non-hydrogen) atoms. The molecule has 6 nitrogen and oxygen atoms in total. The molecule has 0 aliphatic heterocycles. The first-order valence-electron chi connectivity index (χ1n) is 6.50. The molecule has 0 aliphatic carbocycles. The van der Waals surface area contributed by atoms with Crippen LogP contribution in [0.15, 0.2) is 12.4 Å². The Bertz CT molecular complexity index is 537. The number of urea groups is 1. The standard InChI is InChI=1S/C12H19F3N4O2S/c1-11(2,3)22(21)5-4-16-10(20)18-9-6-17-19(7-9)8-12(13,14)15/h6-7H,4-5,8H2,1-3H3,(H2,16,18,20). The molecule has 1 aromatic rings. The Labute approximate surface area is 128 Å². The van der Waals surface area contributed by atoms with E-state index in [0.29, 0.717) is 10.4 Å². The van der Waals surface area contributed by atoms with Gasteiger partial charge in [-0.1, -0.05) is 0 Å². The molecule has 1 atom stereocenters. The summed E-state index contributed by atoms with van der Waals surface area (Å²) in [4.78, 5) is 11.6. The van der Waals surface area contributed by atoms with Gasteiger partial charge in [0.15, 0.2) is 0 Å². The van der Waals surface area contributed by atoms with Crippen molar-refractivity contribution < 1.29 is 22.2 Å². The van der Waals surface area contributed by atoms with Crippen LogP contribution >= 0.6 is 0 Å². The number of rotatable bonds is 5. The molecule has 0 saturated heterocycles. The third kappa shape index (κ3) is 6.92. The van der Waals surface area contributed by atoms with Crippen molar-refractivity contribution >= 4 is 22.5 Å². The summed E-state index contributed by atoms with van der Waals surface area (Å²) < 4.78 is 48.6. The second-order valence-corrected chi connectivity index (χ2v) is 7.91. The molecule has 1 aromatic heterocycles. The summed E-state index contributed by atoms with van der Waals surface area (Å²) in [5, 5.41) is 8.35. The molecule has 0 spiro atoms. The van der Waals surface area contributed by atoms with Crippen LogP contribution in [0.1, 0.15) is 20.8 Å². The zero-order valence-electron chi connectivity index (χ0n) is 12.5. The number of anilines is 1. The summed E-state index contributed by atoms with van der Waals surface area (Å²) in [5.74, 6) is 0.296. The molecule has 0 radical (unpaired) electrons. The zero-order valence-corrected chi connectivity index (χ0v) is 13.3. The number of carbonyl (C=O) groups is 1. The van der Waals surface area contributed by atoms with Crippen LogP contribution in [0.25, 0.3) is 0 Å². The van der Waals surface area contributed by atoms with Crippen LogP contribution < -0.4 is 10.6 Å². The van der Waals surface area contributed by atoms with Gasteiger partial charge >= 0.3 is 12.2 Å². The normalized spacial score (nSPS) is 13.7. The number of hydrogen-bond donors (Lipinski definition) is 2. The Morgan fingerprint density at radius 1 is 1.36 bits per heavy atom. The lowest BCUT2D eigenvalue weighted by molar-refractivity contribution is -0.142. The van der Waals surface area contributed by atoms with Crippen molar-refractivity contribution in [3.63, 3.8) is 0 Å². The minimum atomic E-state index is -4.37. The van der Waals surface area contributed by atoms with E-state index in [4.69, 9.17) is 0 Å². The SMILES string of the molecule is CC(C)(C)S(=O)CCNC(=O)Nc1cnn(CC(F)(F)F)c1. The molecule has 2 amide bonds. The van der Waals surface area contributed by atoms with Crippen molar-refractivity contribution in [2.45, 2.75) is 38.2 Å². The fraction of sp³-hybridized carbons (Fsp3) is 0.667. The van der Waals surface area contributed by atoms with Gasteiger partial charge in [0.25, 0.3) is 0 Å². The summed E-state index contributed by atoms with van der Waals surface area (Å²) in [6.45, 7) is 4.47. The van der Waals surface area contributed by atoms with E-state index >= 15 is 0 Å². The first-order chi connectivity index (χ1) is 9.97. The van der Waals surface area contributed by atoms with E-state index in [9.17, 15) is 22.2 Å².